The van der Waals surface area contributed by atoms with Crippen LogP contribution in [0, 0.1) is 0 Å². The number of aliphatic hydroxyl groups is 2. The van der Waals surface area contributed by atoms with Gasteiger partial charge in [0.1, 0.15) is 11.5 Å². The average molecular weight is 328 g/mol. The van der Waals surface area contributed by atoms with Crippen LogP contribution < -0.4 is 9.47 Å². The molecule has 2 N–H and O–H groups in total. The van der Waals surface area contributed by atoms with Gasteiger partial charge in [-0.25, -0.2) is 0 Å². The number of ether oxygens (including phenoxy) is 2. The zero-order valence-corrected chi connectivity index (χ0v) is 13.5. The lowest BCUT2D eigenvalue weighted by molar-refractivity contribution is 0.0957. The van der Waals surface area contributed by atoms with Gasteiger partial charge >= 0.3 is 0 Å². The van der Waals surface area contributed by atoms with Crippen LogP contribution in [0.1, 0.15) is 39.4 Å². The molecule has 0 saturated carbocycles. The van der Waals surface area contributed by atoms with Gasteiger partial charge in [0.05, 0.1) is 38.4 Å². The summed E-state index contributed by atoms with van der Waals surface area (Å²) in [5.74, 6) is 0.705. The molecule has 0 aliphatic carbocycles. The summed E-state index contributed by atoms with van der Waals surface area (Å²) in [4.78, 5) is 13.0. The molecule has 1 heterocycles. The highest BCUT2D eigenvalue weighted by atomic mass is 16.5. The molecule has 126 valence electrons. The molecule has 24 heavy (non-hydrogen) atoms. The Morgan fingerprint density at radius 1 is 1.17 bits per heavy atom. The van der Waals surface area contributed by atoms with Crippen LogP contribution in [0.5, 0.6) is 11.5 Å². The van der Waals surface area contributed by atoms with Crippen molar-refractivity contribution in [3.63, 3.8) is 0 Å². The van der Waals surface area contributed by atoms with Crippen molar-refractivity contribution in [2.75, 3.05) is 13.7 Å². The Morgan fingerprint density at radius 2 is 2.00 bits per heavy atom. The van der Waals surface area contributed by atoms with E-state index in [9.17, 15) is 15.0 Å². The van der Waals surface area contributed by atoms with Crippen molar-refractivity contribution >= 4 is 5.78 Å². The monoisotopic (exact) mass is 328 g/mol. The number of carbonyl (C=O) groups is 1. The Labute approximate surface area is 140 Å². The van der Waals surface area contributed by atoms with E-state index in [2.05, 4.69) is 0 Å². The molecule has 0 spiro atoms. The summed E-state index contributed by atoms with van der Waals surface area (Å²) in [7, 11) is 1.57. The Hall–Kier alpha value is -2.37. The van der Waals surface area contributed by atoms with Gasteiger partial charge in [-0.1, -0.05) is 12.1 Å². The highest BCUT2D eigenvalue weighted by Gasteiger charge is 2.29. The Kier molecular flexibility index (Phi) is 4.83. The van der Waals surface area contributed by atoms with Crippen LogP contribution in [0.3, 0.4) is 0 Å². The molecule has 0 fully saturated rings. The summed E-state index contributed by atoms with van der Waals surface area (Å²) in [5, 5.41) is 18.9. The fourth-order valence-electron chi connectivity index (χ4n) is 3.06. The van der Waals surface area contributed by atoms with Crippen LogP contribution in [-0.2, 0) is 13.2 Å². The number of ketones is 1. The number of rotatable bonds is 4. The third-order valence-corrected chi connectivity index (χ3v) is 4.37. The van der Waals surface area contributed by atoms with Gasteiger partial charge in [0.25, 0.3) is 0 Å². The smallest absolute Gasteiger partial charge is 0.174 e. The Balaban J connectivity index is 2.04. The zero-order valence-electron chi connectivity index (χ0n) is 13.5. The molecule has 2 aromatic rings. The van der Waals surface area contributed by atoms with Crippen molar-refractivity contribution in [2.24, 2.45) is 0 Å². The number of aliphatic hydroxyl groups excluding tert-OH is 2. The molecular formula is C19H20O5. The quantitative estimate of drug-likeness (QED) is 0.901. The minimum atomic E-state index is -0.400. The molecule has 1 aliphatic rings. The van der Waals surface area contributed by atoms with E-state index < -0.39 is 5.92 Å². The highest BCUT2D eigenvalue weighted by Crippen LogP contribution is 2.36. The number of carbonyl (C=O) groups excluding carboxylic acids is 1. The maximum atomic E-state index is 13.0. The molecule has 0 aromatic heterocycles. The number of fused-ring (bicyclic) bond motifs is 1. The van der Waals surface area contributed by atoms with Gasteiger partial charge in [0.15, 0.2) is 5.78 Å². The van der Waals surface area contributed by atoms with Crippen molar-refractivity contribution in [1.82, 2.24) is 0 Å². The SMILES string of the molecule is COc1ccc(CO)c(C2CCOc3cc(CO)ccc3C2=O)c1. The van der Waals surface area contributed by atoms with Crippen LogP contribution in [0.15, 0.2) is 36.4 Å². The maximum absolute atomic E-state index is 13.0. The molecule has 1 aliphatic heterocycles. The molecule has 0 radical (unpaired) electrons. The van der Waals surface area contributed by atoms with Crippen molar-refractivity contribution in [1.29, 1.82) is 0 Å². The Morgan fingerprint density at radius 3 is 2.71 bits per heavy atom. The van der Waals surface area contributed by atoms with Gasteiger partial charge in [-0.05, 0) is 47.4 Å². The lowest BCUT2D eigenvalue weighted by Crippen LogP contribution is -2.15. The molecule has 2 aromatic carbocycles. The molecule has 3 rings (SSSR count). The molecule has 5 nitrogen and oxygen atoms in total. The minimum absolute atomic E-state index is 0.0463. The van der Waals surface area contributed by atoms with Crippen molar-refractivity contribution in [3.8, 4) is 11.5 Å². The third kappa shape index (κ3) is 3.00. The molecule has 1 atom stereocenters. The topological polar surface area (TPSA) is 76.0 Å². The van der Waals surface area contributed by atoms with E-state index in [0.717, 1.165) is 5.56 Å². The maximum Gasteiger partial charge on any atom is 0.174 e. The number of benzene rings is 2. The van der Waals surface area contributed by atoms with Gasteiger partial charge in [-0.2, -0.15) is 0 Å². The normalized spacial score (nSPS) is 17.0. The van der Waals surface area contributed by atoms with E-state index >= 15 is 0 Å². The van der Waals surface area contributed by atoms with Crippen LogP contribution >= 0.6 is 0 Å². The minimum Gasteiger partial charge on any atom is -0.497 e. The molecule has 1 unspecified atom stereocenters. The first-order chi connectivity index (χ1) is 11.7. The summed E-state index contributed by atoms with van der Waals surface area (Å²) in [6.45, 7) is 0.152. The number of Topliss-reactive ketones (excluding diaryl/α,β-unsaturated/α-hetero) is 1. The van der Waals surface area contributed by atoms with Crippen molar-refractivity contribution in [2.45, 2.75) is 25.6 Å². The molecule has 0 bridgehead atoms. The number of hydrogen-bond donors (Lipinski definition) is 2. The van der Waals surface area contributed by atoms with Crippen molar-refractivity contribution in [3.05, 3.63) is 58.7 Å². The van der Waals surface area contributed by atoms with Gasteiger partial charge in [0.2, 0.25) is 0 Å². The summed E-state index contributed by atoms with van der Waals surface area (Å²) in [5.41, 5.74) is 2.69. The average Bonchev–Trinajstić information content (AvgIpc) is 2.79. The summed E-state index contributed by atoms with van der Waals surface area (Å²) in [6.07, 6.45) is 0.516. The summed E-state index contributed by atoms with van der Waals surface area (Å²) in [6, 6.07) is 10.5. The molecule has 0 saturated heterocycles. The van der Waals surface area contributed by atoms with Gasteiger partial charge < -0.3 is 19.7 Å². The standard InChI is InChI=1S/C19H20O5/c1-23-14-4-3-13(11-21)17(9-14)15-6-7-24-18-8-12(10-20)2-5-16(18)19(15)22/h2-5,8-9,15,20-21H,6-7,10-11H2,1H3. The summed E-state index contributed by atoms with van der Waals surface area (Å²) < 4.78 is 11.0. The van der Waals surface area contributed by atoms with E-state index in [1.165, 1.54) is 0 Å². The highest BCUT2D eigenvalue weighted by molar-refractivity contribution is 6.03. The van der Waals surface area contributed by atoms with Crippen LogP contribution in [0.2, 0.25) is 0 Å². The first kappa shape index (κ1) is 16.5. The molecule has 0 amide bonds. The van der Waals surface area contributed by atoms with E-state index in [1.807, 2.05) is 0 Å². The van der Waals surface area contributed by atoms with Crippen LogP contribution in [0.25, 0.3) is 0 Å². The van der Waals surface area contributed by atoms with Gasteiger partial charge in [-0.15, -0.1) is 0 Å². The number of hydrogen-bond acceptors (Lipinski definition) is 5. The molecule has 5 heteroatoms. The van der Waals surface area contributed by atoms with E-state index in [4.69, 9.17) is 9.47 Å². The Bertz CT molecular complexity index is 753. The van der Waals surface area contributed by atoms with Gasteiger partial charge in [0, 0.05) is 0 Å². The summed E-state index contributed by atoms with van der Waals surface area (Å²) >= 11 is 0. The second-order valence-electron chi connectivity index (χ2n) is 5.77. The lowest BCUT2D eigenvalue weighted by Gasteiger charge is -2.17. The van der Waals surface area contributed by atoms with Crippen molar-refractivity contribution < 1.29 is 24.5 Å². The van der Waals surface area contributed by atoms with Gasteiger partial charge in [-0.3, -0.25) is 4.79 Å². The second kappa shape index (κ2) is 7.03. The zero-order chi connectivity index (χ0) is 17.1. The van der Waals surface area contributed by atoms with E-state index in [1.54, 1.807) is 43.5 Å². The van der Waals surface area contributed by atoms with E-state index in [0.29, 0.717) is 41.2 Å². The number of methoxy groups -OCH3 is 1. The third-order valence-electron chi connectivity index (χ3n) is 4.37. The first-order valence-corrected chi connectivity index (χ1v) is 7.86. The largest absolute Gasteiger partial charge is 0.497 e. The van der Waals surface area contributed by atoms with Crippen LogP contribution in [-0.4, -0.2) is 29.7 Å². The van der Waals surface area contributed by atoms with E-state index in [-0.39, 0.29) is 19.0 Å². The van der Waals surface area contributed by atoms with Crippen LogP contribution in [0.4, 0.5) is 0 Å². The first-order valence-electron chi connectivity index (χ1n) is 7.86. The second-order valence-corrected chi connectivity index (χ2v) is 5.77. The fraction of sp³-hybridized carbons (Fsp3) is 0.316. The predicted molar refractivity (Wildman–Crippen MR) is 88.5 cm³/mol. The fourth-order valence-corrected chi connectivity index (χ4v) is 3.06. The molecular weight excluding hydrogens is 308 g/mol. The predicted octanol–water partition coefficient (Wildman–Crippen LogP) is 2.43. The lowest BCUT2D eigenvalue weighted by atomic mass is 9.85.